The molecule has 7 aromatic carbocycles. The largest absolute Gasteiger partial charge is 0.356 e. The lowest BCUT2D eigenvalue weighted by molar-refractivity contribution is 0.794. The highest BCUT2D eigenvalue weighted by atomic mass is 14.9. The second-order valence-corrected chi connectivity index (χ2v) is 11.8. The first kappa shape index (κ1) is 24.9. The van der Waals surface area contributed by atoms with Gasteiger partial charge in [0, 0.05) is 11.4 Å². The van der Waals surface area contributed by atoms with Gasteiger partial charge in [-0.15, -0.1) is 0 Å². The average Bonchev–Trinajstić information content (AvgIpc) is 3.56. The minimum absolute atomic E-state index is 0.317. The van der Waals surface area contributed by atoms with E-state index in [1.165, 1.54) is 66.8 Å². The number of hydrogen-bond donors (Lipinski definition) is 1. The third-order valence-corrected chi connectivity index (χ3v) is 9.50. The zero-order valence-electron chi connectivity index (χ0n) is 24.2. The van der Waals surface area contributed by atoms with Gasteiger partial charge in [0.15, 0.2) is 0 Å². The Hall–Kier alpha value is -5.66. The van der Waals surface area contributed by atoms with Gasteiger partial charge in [0.25, 0.3) is 0 Å². The first-order valence-electron chi connectivity index (χ1n) is 15.3. The Morgan fingerprint density at radius 2 is 0.682 bits per heavy atom. The van der Waals surface area contributed by atoms with Crippen molar-refractivity contribution in [3.8, 4) is 44.5 Å². The van der Waals surface area contributed by atoms with E-state index < -0.39 is 0 Å². The van der Waals surface area contributed by atoms with Crippen molar-refractivity contribution in [2.24, 2.45) is 0 Å². The molecule has 0 atom stereocenters. The first-order chi connectivity index (χ1) is 21.8. The number of hydrogen-bond acceptors (Lipinski definition) is 1. The Morgan fingerprint density at radius 1 is 0.295 bits per heavy atom. The van der Waals surface area contributed by atoms with Gasteiger partial charge < -0.3 is 5.32 Å². The standard InChI is InChI=1S/C43H29N/c1-2-10-29(11-3-1)30-18-23-33(24-19-30)44-34-25-20-31(21-26-34)32-22-27-38-37-14-6-9-17-41(37)43(42(38)28-32)39-15-7-4-12-35(39)36-13-5-8-16-40(36)43/h1-28,44H. The maximum Gasteiger partial charge on any atom is 0.0725 e. The summed E-state index contributed by atoms with van der Waals surface area (Å²) in [7, 11) is 0. The molecule has 9 rings (SSSR count). The molecule has 0 fully saturated rings. The fourth-order valence-electron chi connectivity index (χ4n) is 7.56. The minimum Gasteiger partial charge on any atom is -0.356 e. The van der Waals surface area contributed by atoms with Gasteiger partial charge in [0.05, 0.1) is 5.41 Å². The summed E-state index contributed by atoms with van der Waals surface area (Å²) < 4.78 is 0. The Balaban J connectivity index is 1.10. The highest BCUT2D eigenvalue weighted by Gasteiger charge is 2.51. The normalized spacial score (nSPS) is 13.2. The van der Waals surface area contributed by atoms with E-state index in [2.05, 4.69) is 175 Å². The van der Waals surface area contributed by atoms with Crippen LogP contribution in [0.1, 0.15) is 22.3 Å². The molecule has 7 aromatic rings. The highest BCUT2D eigenvalue weighted by Crippen LogP contribution is 2.62. The molecule has 206 valence electrons. The summed E-state index contributed by atoms with van der Waals surface area (Å²) in [6.07, 6.45) is 0. The highest BCUT2D eigenvalue weighted by molar-refractivity contribution is 5.95. The lowest BCUT2D eigenvalue weighted by atomic mass is 9.70. The number of fused-ring (bicyclic) bond motifs is 10. The summed E-state index contributed by atoms with van der Waals surface area (Å²) in [6.45, 7) is 0. The summed E-state index contributed by atoms with van der Waals surface area (Å²) in [5.41, 5.74) is 17.6. The van der Waals surface area contributed by atoms with Gasteiger partial charge in [0.1, 0.15) is 0 Å². The Bertz CT molecular complexity index is 2110. The van der Waals surface area contributed by atoms with E-state index in [-0.39, 0.29) is 5.41 Å². The Morgan fingerprint density at radius 3 is 1.20 bits per heavy atom. The molecule has 1 heteroatoms. The van der Waals surface area contributed by atoms with Crippen LogP contribution in [0.25, 0.3) is 44.5 Å². The smallest absolute Gasteiger partial charge is 0.0725 e. The van der Waals surface area contributed by atoms with E-state index in [1.807, 2.05) is 0 Å². The molecule has 0 bridgehead atoms. The van der Waals surface area contributed by atoms with Crippen LogP contribution in [-0.2, 0) is 5.41 Å². The van der Waals surface area contributed by atoms with Crippen molar-refractivity contribution in [3.63, 3.8) is 0 Å². The van der Waals surface area contributed by atoms with Crippen molar-refractivity contribution < 1.29 is 0 Å². The van der Waals surface area contributed by atoms with Crippen LogP contribution in [0.4, 0.5) is 11.4 Å². The van der Waals surface area contributed by atoms with E-state index in [9.17, 15) is 0 Å². The molecule has 1 spiro atoms. The quantitative estimate of drug-likeness (QED) is 0.226. The van der Waals surface area contributed by atoms with Gasteiger partial charge >= 0.3 is 0 Å². The lowest BCUT2D eigenvalue weighted by Crippen LogP contribution is -2.25. The SMILES string of the molecule is c1ccc(-c2ccc(Nc3ccc(-c4ccc5c(c4)C4(c6ccccc6-c6ccccc64)c4ccccc4-5)cc3)cc2)cc1. The zero-order valence-corrected chi connectivity index (χ0v) is 24.2. The Labute approximate surface area is 258 Å². The molecule has 0 radical (unpaired) electrons. The molecular weight excluding hydrogens is 530 g/mol. The Kier molecular flexibility index (Phi) is 5.48. The molecule has 0 aromatic heterocycles. The molecule has 0 amide bonds. The molecule has 1 N–H and O–H groups in total. The van der Waals surface area contributed by atoms with Crippen molar-refractivity contribution in [2.45, 2.75) is 5.41 Å². The average molecular weight is 560 g/mol. The van der Waals surface area contributed by atoms with Crippen LogP contribution in [0.5, 0.6) is 0 Å². The van der Waals surface area contributed by atoms with Crippen molar-refractivity contribution in [1.29, 1.82) is 0 Å². The van der Waals surface area contributed by atoms with Crippen molar-refractivity contribution in [1.82, 2.24) is 0 Å². The topological polar surface area (TPSA) is 12.0 Å². The van der Waals surface area contributed by atoms with Crippen LogP contribution >= 0.6 is 0 Å². The van der Waals surface area contributed by atoms with Gasteiger partial charge in [-0.3, -0.25) is 0 Å². The van der Waals surface area contributed by atoms with E-state index >= 15 is 0 Å². The molecule has 0 heterocycles. The predicted octanol–water partition coefficient (Wildman–Crippen LogP) is 11.1. The second kappa shape index (κ2) is 9.69. The van der Waals surface area contributed by atoms with Crippen LogP contribution in [0, 0.1) is 0 Å². The summed E-state index contributed by atoms with van der Waals surface area (Å²) in [5, 5.41) is 3.58. The third-order valence-electron chi connectivity index (χ3n) is 9.50. The predicted molar refractivity (Wildman–Crippen MR) is 183 cm³/mol. The molecule has 2 aliphatic carbocycles. The van der Waals surface area contributed by atoms with Gasteiger partial charge in [-0.1, -0.05) is 140 Å². The summed E-state index contributed by atoms with van der Waals surface area (Å²) in [4.78, 5) is 0. The van der Waals surface area contributed by atoms with Gasteiger partial charge in [-0.25, -0.2) is 0 Å². The summed E-state index contributed by atoms with van der Waals surface area (Å²) in [6, 6.07) is 61.9. The fourth-order valence-corrected chi connectivity index (χ4v) is 7.56. The van der Waals surface area contributed by atoms with E-state index in [0.29, 0.717) is 0 Å². The molecule has 44 heavy (non-hydrogen) atoms. The van der Waals surface area contributed by atoms with Crippen molar-refractivity contribution in [2.75, 3.05) is 5.32 Å². The minimum atomic E-state index is -0.317. The molecule has 0 saturated carbocycles. The van der Waals surface area contributed by atoms with E-state index in [0.717, 1.165) is 11.4 Å². The van der Waals surface area contributed by atoms with Gasteiger partial charge in [-0.05, 0) is 97.1 Å². The molecule has 0 aliphatic heterocycles. The number of benzene rings is 7. The van der Waals surface area contributed by atoms with E-state index in [1.54, 1.807) is 0 Å². The molecule has 1 nitrogen and oxygen atoms in total. The number of nitrogens with one attached hydrogen (secondary N) is 1. The summed E-state index contributed by atoms with van der Waals surface area (Å²) in [5.74, 6) is 0. The second-order valence-electron chi connectivity index (χ2n) is 11.8. The maximum atomic E-state index is 3.58. The van der Waals surface area contributed by atoms with Gasteiger partial charge in [-0.2, -0.15) is 0 Å². The van der Waals surface area contributed by atoms with Crippen LogP contribution in [0.3, 0.4) is 0 Å². The number of anilines is 2. The maximum absolute atomic E-state index is 3.58. The number of rotatable bonds is 4. The zero-order chi connectivity index (χ0) is 29.1. The third kappa shape index (κ3) is 3.60. The molecular formula is C43H29N. The van der Waals surface area contributed by atoms with Crippen LogP contribution in [0.15, 0.2) is 170 Å². The molecule has 0 unspecified atom stereocenters. The molecule has 2 aliphatic rings. The van der Waals surface area contributed by atoms with Crippen LogP contribution in [-0.4, -0.2) is 0 Å². The fraction of sp³-hybridized carbons (Fsp3) is 0.0233. The first-order valence-corrected chi connectivity index (χ1v) is 15.3. The summed E-state index contributed by atoms with van der Waals surface area (Å²) >= 11 is 0. The lowest BCUT2D eigenvalue weighted by Gasteiger charge is -2.30. The van der Waals surface area contributed by atoms with Crippen molar-refractivity contribution >= 4 is 11.4 Å². The van der Waals surface area contributed by atoms with Gasteiger partial charge in [0.2, 0.25) is 0 Å². The monoisotopic (exact) mass is 559 g/mol. The molecule has 0 saturated heterocycles. The van der Waals surface area contributed by atoms with Crippen LogP contribution < -0.4 is 5.32 Å². The van der Waals surface area contributed by atoms with Crippen molar-refractivity contribution in [3.05, 3.63) is 192 Å². The van der Waals surface area contributed by atoms with Crippen LogP contribution in [0.2, 0.25) is 0 Å². The van der Waals surface area contributed by atoms with E-state index in [4.69, 9.17) is 0 Å².